The molecule has 3 saturated heterocycles. The zero-order chi connectivity index (χ0) is 30.3. The Morgan fingerprint density at radius 3 is 1.61 bits per heavy atom. The first-order chi connectivity index (χ1) is 19.3. The van der Waals surface area contributed by atoms with Crippen LogP contribution in [0.2, 0.25) is 0 Å². The van der Waals surface area contributed by atoms with E-state index >= 15 is 0 Å². The molecule has 4 fully saturated rings. The third-order valence-corrected chi connectivity index (χ3v) is 12.2. The molecule has 0 radical (unpaired) electrons. The van der Waals surface area contributed by atoms with E-state index in [1.54, 1.807) is 11.9 Å². The molecule has 3 aliphatic heterocycles. The number of hydrogen-bond acceptors (Lipinski definition) is 6. The normalized spacial score (nSPS) is 30.9. The molecular formula is C32H60N4O4S. The summed E-state index contributed by atoms with van der Waals surface area (Å²) in [5.41, 5.74) is 0.297. The lowest BCUT2D eigenvalue weighted by Crippen LogP contribution is -2.49. The van der Waals surface area contributed by atoms with Crippen molar-refractivity contribution in [1.29, 1.82) is 0 Å². The van der Waals surface area contributed by atoms with Gasteiger partial charge in [-0.15, -0.1) is 0 Å². The zero-order valence-corrected chi connectivity index (χ0v) is 27.8. The first-order valence-electron chi connectivity index (χ1n) is 16.4. The molecule has 0 aromatic heterocycles. The molecule has 41 heavy (non-hydrogen) atoms. The number of likely N-dealkylation sites (N-methyl/N-ethyl adjacent to an activating group) is 2. The van der Waals surface area contributed by atoms with Crippen molar-refractivity contribution in [2.75, 3.05) is 46.0 Å². The largest absolute Gasteiger partial charge is 0.341 e. The summed E-state index contributed by atoms with van der Waals surface area (Å²) >= 11 is 0. The smallest absolute Gasteiger partial charge is 0.239 e. The Morgan fingerprint density at radius 1 is 0.683 bits per heavy atom. The highest BCUT2D eigenvalue weighted by Gasteiger charge is 2.38. The average Bonchev–Trinajstić information content (AvgIpc) is 3.27. The molecule has 9 heteroatoms. The molecule has 0 bridgehead atoms. The van der Waals surface area contributed by atoms with Gasteiger partial charge in [0.1, 0.15) is 0 Å². The van der Waals surface area contributed by atoms with Gasteiger partial charge in [-0.05, 0) is 82.2 Å². The summed E-state index contributed by atoms with van der Waals surface area (Å²) in [6.07, 6.45) is 14.4. The van der Waals surface area contributed by atoms with Crippen molar-refractivity contribution in [3.63, 3.8) is 0 Å². The fraction of sp³-hybridized carbons (Fsp3) is 0.938. The van der Waals surface area contributed by atoms with E-state index in [0.29, 0.717) is 25.4 Å². The van der Waals surface area contributed by atoms with E-state index < -0.39 is 9.84 Å². The molecule has 4 aliphatic rings. The van der Waals surface area contributed by atoms with E-state index in [-0.39, 0.29) is 39.8 Å². The minimum Gasteiger partial charge on any atom is -0.341 e. The van der Waals surface area contributed by atoms with E-state index in [1.165, 1.54) is 38.5 Å². The topological polar surface area (TPSA) is 98.8 Å². The molecule has 8 nitrogen and oxygen atoms in total. The lowest BCUT2D eigenvalue weighted by molar-refractivity contribution is -0.134. The van der Waals surface area contributed by atoms with E-state index in [9.17, 15) is 18.0 Å². The van der Waals surface area contributed by atoms with Gasteiger partial charge in [-0.3, -0.25) is 9.59 Å². The zero-order valence-electron chi connectivity index (χ0n) is 27.0. The van der Waals surface area contributed by atoms with Crippen molar-refractivity contribution in [2.45, 2.75) is 128 Å². The van der Waals surface area contributed by atoms with Gasteiger partial charge in [-0.2, -0.15) is 0 Å². The summed E-state index contributed by atoms with van der Waals surface area (Å²) < 4.78 is 24.4. The van der Waals surface area contributed by atoms with Crippen LogP contribution in [-0.2, 0) is 19.4 Å². The molecule has 3 unspecified atom stereocenters. The standard InChI is InChI=1S/C17H32N2O.C15H28N2O3S/c1-17(2)11-10-15(18-3)16(20)19(13-17)12-14-8-6-4-5-7-9-14;1-15(2)8-7-13(16-3)14(18)17(11-15)10-12-6-4-5-9-21(12,19)20/h14-15,18H,4-13H2,1-3H3;12-13,16H,4-11H2,1-3H3. The van der Waals surface area contributed by atoms with E-state index in [4.69, 9.17) is 0 Å². The van der Waals surface area contributed by atoms with Crippen LogP contribution in [0.15, 0.2) is 0 Å². The van der Waals surface area contributed by atoms with Gasteiger partial charge in [0, 0.05) is 26.2 Å². The predicted molar refractivity (Wildman–Crippen MR) is 168 cm³/mol. The molecule has 3 heterocycles. The van der Waals surface area contributed by atoms with Crippen LogP contribution in [0.3, 0.4) is 0 Å². The Hall–Kier alpha value is -1.19. The van der Waals surface area contributed by atoms with Crippen LogP contribution in [0.25, 0.3) is 0 Å². The van der Waals surface area contributed by atoms with Crippen molar-refractivity contribution >= 4 is 21.7 Å². The number of amides is 2. The van der Waals surface area contributed by atoms with Crippen LogP contribution >= 0.6 is 0 Å². The molecule has 238 valence electrons. The Bertz CT molecular complexity index is 959. The maximum atomic E-state index is 12.7. The van der Waals surface area contributed by atoms with Gasteiger partial charge >= 0.3 is 0 Å². The number of carbonyl (C=O) groups is 2. The molecule has 4 rings (SSSR count). The second kappa shape index (κ2) is 15.0. The molecule has 0 aromatic rings. The molecule has 2 N–H and O–H groups in total. The van der Waals surface area contributed by atoms with Gasteiger partial charge < -0.3 is 20.4 Å². The first kappa shape index (κ1) is 34.3. The number of hydrogen-bond donors (Lipinski definition) is 2. The molecular weight excluding hydrogens is 536 g/mol. The minimum absolute atomic E-state index is 0.0301. The maximum Gasteiger partial charge on any atom is 0.239 e. The molecule has 2 amide bonds. The molecule has 0 aromatic carbocycles. The van der Waals surface area contributed by atoms with Gasteiger partial charge in [0.05, 0.1) is 23.1 Å². The van der Waals surface area contributed by atoms with Crippen molar-refractivity contribution in [2.24, 2.45) is 16.7 Å². The van der Waals surface area contributed by atoms with Crippen LogP contribution in [0.5, 0.6) is 0 Å². The summed E-state index contributed by atoms with van der Waals surface area (Å²) in [5.74, 6) is 1.40. The summed E-state index contributed by atoms with van der Waals surface area (Å²) in [4.78, 5) is 29.3. The molecule has 1 saturated carbocycles. The monoisotopic (exact) mass is 596 g/mol. The third-order valence-electron chi connectivity index (χ3n) is 9.96. The second-order valence-corrected chi connectivity index (χ2v) is 17.3. The minimum atomic E-state index is -3.03. The third kappa shape index (κ3) is 10.2. The summed E-state index contributed by atoms with van der Waals surface area (Å²) in [6.45, 7) is 11.8. The molecule has 1 aliphatic carbocycles. The number of nitrogens with one attached hydrogen (secondary N) is 2. The van der Waals surface area contributed by atoms with Gasteiger partial charge in [-0.1, -0.05) is 59.8 Å². The van der Waals surface area contributed by atoms with Crippen molar-refractivity contribution in [3.05, 3.63) is 0 Å². The number of carbonyl (C=O) groups excluding carboxylic acids is 2. The van der Waals surface area contributed by atoms with Crippen LogP contribution in [0.1, 0.15) is 111 Å². The Kier molecular flexibility index (Phi) is 12.6. The summed E-state index contributed by atoms with van der Waals surface area (Å²) in [6, 6.07) is -0.152. The highest BCUT2D eigenvalue weighted by molar-refractivity contribution is 7.92. The lowest BCUT2D eigenvalue weighted by Gasteiger charge is -2.34. The quantitative estimate of drug-likeness (QED) is 0.442. The van der Waals surface area contributed by atoms with Crippen LogP contribution < -0.4 is 10.6 Å². The van der Waals surface area contributed by atoms with E-state index in [2.05, 4.69) is 43.2 Å². The fourth-order valence-corrected chi connectivity index (χ4v) is 9.15. The number of nitrogens with zero attached hydrogens (tertiary/aromatic N) is 2. The summed E-state index contributed by atoms with van der Waals surface area (Å²) in [7, 11) is 0.689. The maximum absolute atomic E-state index is 12.7. The fourth-order valence-electron chi connectivity index (χ4n) is 7.28. The van der Waals surface area contributed by atoms with Crippen LogP contribution in [0, 0.1) is 16.7 Å². The average molecular weight is 597 g/mol. The van der Waals surface area contributed by atoms with Gasteiger partial charge in [0.25, 0.3) is 0 Å². The highest BCUT2D eigenvalue weighted by Crippen LogP contribution is 2.32. The second-order valence-electron chi connectivity index (χ2n) is 14.9. The lowest BCUT2D eigenvalue weighted by atomic mass is 9.87. The van der Waals surface area contributed by atoms with E-state index in [0.717, 1.165) is 57.5 Å². The highest BCUT2D eigenvalue weighted by atomic mass is 32.2. The van der Waals surface area contributed by atoms with Crippen LogP contribution in [0.4, 0.5) is 0 Å². The Morgan fingerprint density at radius 2 is 1.15 bits per heavy atom. The van der Waals surface area contributed by atoms with Crippen LogP contribution in [-0.4, -0.2) is 93.4 Å². The van der Waals surface area contributed by atoms with Crippen molar-refractivity contribution < 1.29 is 18.0 Å². The SMILES string of the molecule is CNC1CCC(C)(C)CN(CC2CCCCCC2)C1=O.CNC1CCC(C)(C)CN(CC2CCCCS2(=O)=O)C1=O. The first-order valence-corrected chi connectivity index (χ1v) is 18.1. The number of sulfone groups is 1. The summed E-state index contributed by atoms with van der Waals surface area (Å²) in [5, 5.41) is 5.93. The number of likely N-dealkylation sites (tertiary alicyclic amines) is 2. The Labute approximate surface area is 251 Å². The van der Waals surface area contributed by atoms with Crippen molar-refractivity contribution in [3.8, 4) is 0 Å². The number of rotatable bonds is 6. The predicted octanol–water partition coefficient (Wildman–Crippen LogP) is 4.38. The van der Waals surface area contributed by atoms with E-state index in [1.807, 2.05) is 7.05 Å². The Balaban J connectivity index is 0.000000226. The molecule has 3 atom stereocenters. The molecule has 0 spiro atoms. The van der Waals surface area contributed by atoms with Gasteiger partial charge in [0.15, 0.2) is 9.84 Å². The van der Waals surface area contributed by atoms with Gasteiger partial charge in [-0.25, -0.2) is 8.42 Å². The van der Waals surface area contributed by atoms with Crippen molar-refractivity contribution in [1.82, 2.24) is 20.4 Å². The van der Waals surface area contributed by atoms with Gasteiger partial charge in [0.2, 0.25) is 11.8 Å².